The summed E-state index contributed by atoms with van der Waals surface area (Å²) in [7, 11) is 0. The van der Waals surface area contributed by atoms with Gasteiger partial charge in [-0.05, 0) is 42.2 Å². The summed E-state index contributed by atoms with van der Waals surface area (Å²) in [6.45, 7) is 0. The summed E-state index contributed by atoms with van der Waals surface area (Å²) in [4.78, 5) is 0. The molecule has 1 saturated carbocycles. The predicted molar refractivity (Wildman–Crippen MR) is 70.9 cm³/mol. The number of alkyl halides is 2. The lowest BCUT2D eigenvalue weighted by Gasteiger charge is -2.34. The number of hydrazine groups is 1. The molecule has 1 aromatic rings. The Labute approximate surface area is 112 Å². The van der Waals surface area contributed by atoms with Gasteiger partial charge in [-0.3, -0.25) is 11.3 Å². The van der Waals surface area contributed by atoms with Crippen LogP contribution in [-0.2, 0) is 6.42 Å². The molecule has 0 radical (unpaired) electrons. The average molecular weight is 266 g/mol. The van der Waals surface area contributed by atoms with E-state index in [0.717, 1.165) is 12.8 Å². The highest BCUT2D eigenvalue weighted by molar-refractivity contribution is 5.39. The van der Waals surface area contributed by atoms with Crippen molar-refractivity contribution < 1.29 is 8.78 Å². The predicted octanol–water partition coefficient (Wildman–Crippen LogP) is 2.98. The molecule has 0 spiro atoms. The highest BCUT2D eigenvalue weighted by Gasteiger charge is 2.43. The van der Waals surface area contributed by atoms with Gasteiger partial charge >= 0.3 is 0 Å². The van der Waals surface area contributed by atoms with Gasteiger partial charge in [-0.1, -0.05) is 24.3 Å². The SMILES string of the molecule is NNC(CC1Cc2ccccc21)C1CCC(F)(F)C1. The maximum Gasteiger partial charge on any atom is 0.248 e. The number of benzene rings is 1. The first kappa shape index (κ1) is 13.0. The van der Waals surface area contributed by atoms with Crippen molar-refractivity contribution in [1.82, 2.24) is 5.43 Å². The van der Waals surface area contributed by atoms with E-state index in [9.17, 15) is 8.78 Å². The van der Waals surface area contributed by atoms with Crippen molar-refractivity contribution in [1.29, 1.82) is 0 Å². The number of hydrogen-bond donors (Lipinski definition) is 2. The first-order valence-corrected chi connectivity index (χ1v) is 7.01. The van der Waals surface area contributed by atoms with Crippen LogP contribution in [0.3, 0.4) is 0 Å². The number of nitrogens with one attached hydrogen (secondary N) is 1. The van der Waals surface area contributed by atoms with E-state index in [1.54, 1.807) is 0 Å². The van der Waals surface area contributed by atoms with E-state index in [-0.39, 0.29) is 24.8 Å². The molecular formula is C15H20F2N2. The minimum atomic E-state index is -2.49. The third kappa shape index (κ3) is 2.51. The summed E-state index contributed by atoms with van der Waals surface area (Å²) in [5.41, 5.74) is 5.54. The molecule has 0 aromatic heterocycles. The van der Waals surface area contributed by atoms with Gasteiger partial charge in [0.05, 0.1) is 0 Å². The monoisotopic (exact) mass is 266 g/mol. The molecule has 3 unspecified atom stereocenters. The van der Waals surface area contributed by atoms with Crippen LogP contribution in [-0.4, -0.2) is 12.0 Å². The topological polar surface area (TPSA) is 38.0 Å². The van der Waals surface area contributed by atoms with Crippen LogP contribution in [0.4, 0.5) is 8.78 Å². The van der Waals surface area contributed by atoms with Crippen LogP contribution >= 0.6 is 0 Å². The van der Waals surface area contributed by atoms with Crippen LogP contribution in [0.2, 0.25) is 0 Å². The van der Waals surface area contributed by atoms with Crippen molar-refractivity contribution in [3.8, 4) is 0 Å². The van der Waals surface area contributed by atoms with Crippen LogP contribution in [0.1, 0.15) is 42.7 Å². The molecule has 3 atom stereocenters. The number of nitrogens with two attached hydrogens (primary N) is 1. The summed E-state index contributed by atoms with van der Waals surface area (Å²) in [6, 6.07) is 8.37. The molecule has 2 aliphatic carbocycles. The molecule has 0 heterocycles. The van der Waals surface area contributed by atoms with Gasteiger partial charge in [0.2, 0.25) is 5.92 Å². The van der Waals surface area contributed by atoms with E-state index >= 15 is 0 Å². The highest BCUT2D eigenvalue weighted by Crippen LogP contribution is 2.44. The van der Waals surface area contributed by atoms with E-state index in [1.807, 2.05) is 12.1 Å². The number of hydrogen-bond acceptors (Lipinski definition) is 2. The fourth-order valence-corrected chi connectivity index (χ4v) is 3.60. The molecule has 3 rings (SSSR count). The van der Waals surface area contributed by atoms with Gasteiger partial charge in [0.25, 0.3) is 0 Å². The van der Waals surface area contributed by atoms with Gasteiger partial charge in [0, 0.05) is 18.9 Å². The Bertz CT molecular complexity index is 461. The largest absolute Gasteiger partial charge is 0.271 e. The number of rotatable bonds is 4. The zero-order valence-electron chi connectivity index (χ0n) is 10.9. The van der Waals surface area contributed by atoms with Crippen LogP contribution in [0.5, 0.6) is 0 Å². The van der Waals surface area contributed by atoms with E-state index in [4.69, 9.17) is 5.84 Å². The van der Waals surface area contributed by atoms with Gasteiger partial charge in [-0.15, -0.1) is 0 Å². The third-order valence-corrected chi connectivity index (χ3v) is 4.72. The Morgan fingerprint density at radius 2 is 2.16 bits per heavy atom. The van der Waals surface area contributed by atoms with Gasteiger partial charge in [0.1, 0.15) is 0 Å². The third-order valence-electron chi connectivity index (χ3n) is 4.72. The second-order valence-corrected chi connectivity index (χ2v) is 5.97. The molecule has 2 nitrogen and oxygen atoms in total. The number of fused-ring (bicyclic) bond motifs is 1. The van der Waals surface area contributed by atoms with Crippen molar-refractivity contribution in [2.75, 3.05) is 0 Å². The smallest absolute Gasteiger partial charge is 0.248 e. The van der Waals surface area contributed by atoms with Crippen LogP contribution in [0.25, 0.3) is 0 Å². The Balaban J connectivity index is 1.63. The van der Waals surface area contributed by atoms with Gasteiger partial charge in [-0.25, -0.2) is 8.78 Å². The first-order valence-electron chi connectivity index (χ1n) is 7.01. The van der Waals surface area contributed by atoms with Crippen LogP contribution < -0.4 is 11.3 Å². The molecule has 19 heavy (non-hydrogen) atoms. The minimum Gasteiger partial charge on any atom is -0.271 e. The van der Waals surface area contributed by atoms with E-state index in [1.165, 1.54) is 11.1 Å². The average Bonchev–Trinajstić information content (AvgIpc) is 2.71. The van der Waals surface area contributed by atoms with Crippen molar-refractivity contribution >= 4 is 0 Å². The lowest BCUT2D eigenvalue weighted by atomic mass is 9.73. The maximum absolute atomic E-state index is 13.3. The fraction of sp³-hybridized carbons (Fsp3) is 0.600. The summed E-state index contributed by atoms with van der Waals surface area (Å²) in [5.74, 6) is 3.59. The molecular weight excluding hydrogens is 246 g/mol. The van der Waals surface area contributed by atoms with Crippen molar-refractivity contribution in [2.45, 2.75) is 50.0 Å². The normalized spacial score (nSPS) is 29.6. The quantitative estimate of drug-likeness (QED) is 0.649. The Morgan fingerprint density at radius 1 is 1.37 bits per heavy atom. The molecule has 0 saturated heterocycles. The molecule has 1 fully saturated rings. The van der Waals surface area contributed by atoms with Gasteiger partial charge < -0.3 is 0 Å². The second kappa shape index (κ2) is 4.84. The molecule has 1 aromatic carbocycles. The van der Waals surface area contributed by atoms with Crippen LogP contribution in [0, 0.1) is 5.92 Å². The first-order chi connectivity index (χ1) is 9.09. The van der Waals surface area contributed by atoms with Crippen molar-refractivity contribution in [3.05, 3.63) is 35.4 Å². The molecule has 0 aliphatic heterocycles. The van der Waals surface area contributed by atoms with Gasteiger partial charge in [-0.2, -0.15) is 0 Å². The van der Waals surface area contributed by atoms with E-state index in [0.29, 0.717) is 12.3 Å². The zero-order chi connectivity index (χ0) is 13.5. The minimum absolute atomic E-state index is 0.00623. The molecule has 2 aliphatic rings. The van der Waals surface area contributed by atoms with E-state index in [2.05, 4.69) is 17.6 Å². The fourth-order valence-electron chi connectivity index (χ4n) is 3.60. The summed E-state index contributed by atoms with van der Waals surface area (Å²) in [6.07, 6.45) is 2.50. The van der Waals surface area contributed by atoms with Gasteiger partial charge in [0.15, 0.2) is 0 Å². The van der Waals surface area contributed by atoms with Crippen LogP contribution in [0.15, 0.2) is 24.3 Å². The van der Waals surface area contributed by atoms with Crippen molar-refractivity contribution in [3.63, 3.8) is 0 Å². The number of halogens is 2. The molecule has 4 heteroatoms. The summed E-state index contributed by atoms with van der Waals surface area (Å²) >= 11 is 0. The highest BCUT2D eigenvalue weighted by atomic mass is 19.3. The lowest BCUT2D eigenvalue weighted by Crippen LogP contribution is -2.42. The van der Waals surface area contributed by atoms with Crippen molar-refractivity contribution in [2.24, 2.45) is 11.8 Å². The molecule has 104 valence electrons. The molecule has 0 amide bonds. The zero-order valence-corrected chi connectivity index (χ0v) is 10.9. The summed E-state index contributed by atoms with van der Waals surface area (Å²) < 4.78 is 26.6. The Morgan fingerprint density at radius 3 is 2.79 bits per heavy atom. The lowest BCUT2D eigenvalue weighted by molar-refractivity contribution is 0.00298. The summed E-state index contributed by atoms with van der Waals surface area (Å²) in [5, 5.41) is 0. The second-order valence-electron chi connectivity index (χ2n) is 5.97. The molecule has 3 N–H and O–H groups in total. The van der Waals surface area contributed by atoms with E-state index < -0.39 is 5.92 Å². The Hall–Kier alpha value is -1.00. The standard InChI is InChI=1S/C15H20F2N2/c16-15(17)6-5-11(9-15)14(19-18)8-12-7-10-3-1-2-4-13(10)12/h1-4,11-12,14,19H,5-9,18H2. The molecule has 0 bridgehead atoms. The Kier molecular flexibility index (Phi) is 3.31. The maximum atomic E-state index is 13.3.